The molecule has 5 heteroatoms. The second-order valence-corrected chi connectivity index (χ2v) is 7.64. The first-order valence-corrected chi connectivity index (χ1v) is 10.5. The van der Waals surface area contributed by atoms with E-state index >= 15 is 0 Å². The first-order chi connectivity index (χ1) is 15.2. The first-order valence-electron chi connectivity index (χ1n) is 10.5. The van der Waals surface area contributed by atoms with E-state index in [4.69, 9.17) is 14.2 Å². The van der Waals surface area contributed by atoms with Crippen LogP contribution < -0.4 is 9.47 Å². The van der Waals surface area contributed by atoms with Crippen LogP contribution in [0.5, 0.6) is 11.5 Å². The normalized spacial score (nSPS) is 15.2. The van der Waals surface area contributed by atoms with Crippen molar-refractivity contribution in [1.29, 1.82) is 0 Å². The molecule has 1 unspecified atom stereocenters. The Morgan fingerprint density at radius 3 is 2.23 bits per heavy atom. The molecular formula is C26H27NO4. The van der Waals surface area contributed by atoms with Gasteiger partial charge in [0, 0.05) is 6.54 Å². The molecule has 1 aliphatic heterocycles. The third-order valence-electron chi connectivity index (χ3n) is 5.64. The lowest BCUT2D eigenvalue weighted by atomic mass is 9.93. The Balaban J connectivity index is 1.46. The molecule has 1 amide bonds. The van der Waals surface area contributed by atoms with Crippen molar-refractivity contribution >= 4 is 6.09 Å². The van der Waals surface area contributed by atoms with Crippen LogP contribution in [-0.2, 0) is 24.4 Å². The average Bonchev–Trinajstić information content (AvgIpc) is 2.82. The number of amides is 1. The maximum atomic E-state index is 12.7. The second kappa shape index (κ2) is 9.56. The zero-order chi connectivity index (χ0) is 21.6. The molecule has 0 aromatic heterocycles. The molecule has 1 atom stereocenters. The number of carbonyl (C=O) groups excluding carboxylic acids is 1. The van der Waals surface area contributed by atoms with Gasteiger partial charge in [0.2, 0.25) is 0 Å². The molecule has 0 spiro atoms. The van der Waals surface area contributed by atoms with Crippen LogP contribution >= 0.6 is 0 Å². The maximum absolute atomic E-state index is 12.7. The van der Waals surface area contributed by atoms with Gasteiger partial charge in [0.25, 0.3) is 0 Å². The standard InChI is InChI=1S/C26H27NO4/c1-19-23-16-24(29-2)25(30-17-20-9-5-3-6-10-20)15-22(23)13-14-27(19)26(28)31-18-21-11-7-4-8-12-21/h3-12,15-16,19H,13-14,17-18H2,1-2H3. The fraction of sp³-hybridized carbons (Fsp3) is 0.269. The Kier molecular flexibility index (Phi) is 6.41. The average molecular weight is 418 g/mol. The van der Waals surface area contributed by atoms with Gasteiger partial charge in [-0.1, -0.05) is 60.7 Å². The zero-order valence-electron chi connectivity index (χ0n) is 17.9. The molecule has 0 bridgehead atoms. The molecule has 4 rings (SSSR count). The number of rotatable bonds is 6. The SMILES string of the molecule is COc1cc2c(cc1OCc1ccccc1)CCN(C(=O)OCc1ccccc1)C2C. The number of hydrogen-bond donors (Lipinski definition) is 0. The van der Waals surface area contributed by atoms with E-state index in [0.29, 0.717) is 18.9 Å². The number of nitrogens with zero attached hydrogens (tertiary/aromatic N) is 1. The van der Waals surface area contributed by atoms with Crippen LogP contribution in [0.2, 0.25) is 0 Å². The smallest absolute Gasteiger partial charge is 0.410 e. The molecule has 160 valence electrons. The molecule has 0 N–H and O–H groups in total. The third kappa shape index (κ3) is 4.82. The minimum absolute atomic E-state index is 0.107. The van der Waals surface area contributed by atoms with Crippen LogP contribution in [0.25, 0.3) is 0 Å². The van der Waals surface area contributed by atoms with Crippen LogP contribution in [0, 0.1) is 0 Å². The van der Waals surface area contributed by atoms with E-state index in [2.05, 4.69) is 0 Å². The molecule has 1 aliphatic rings. The van der Waals surface area contributed by atoms with Gasteiger partial charge in [-0.2, -0.15) is 0 Å². The summed E-state index contributed by atoms with van der Waals surface area (Å²) in [6.45, 7) is 3.37. The molecule has 3 aromatic carbocycles. The lowest BCUT2D eigenvalue weighted by molar-refractivity contribution is 0.0802. The van der Waals surface area contributed by atoms with Gasteiger partial charge in [-0.15, -0.1) is 0 Å². The minimum Gasteiger partial charge on any atom is -0.493 e. The molecule has 0 radical (unpaired) electrons. The van der Waals surface area contributed by atoms with Crippen LogP contribution in [0.15, 0.2) is 72.8 Å². The van der Waals surface area contributed by atoms with Crippen molar-refractivity contribution in [2.45, 2.75) is 32.6 Å². The summed E-state index contributed by atoms with van der Waals surface area (Å²) in [7, 11) is 1.64. The van der Waals surface area contributed by atoms with E-state index < -0.39 is 0 Å². The first kappa shape index (κ1) is 20.8. The Morgan fingerprint density at radius 1 is 0.935 bits per heavy atom. The Hall–Kier alpha value is -3.47. The lowest BCUT2D eigenvalue weighted by Gasteiger charge is -2.35. The van der Waals surface area contributed by atoms with E-state index in [9.17, 15) is 4.79 Å². The number of benzene rings is 3. The van der Waals surface area contributed by atoms with Crippen LogP contribution in [0.1, 0.15) is 35.2 Å². The van der Waals surface area contributed by atoms with Crippen molar-refractivity contribution in [1.82, 2.24) is 4.90 Å². The van der Waals surface area contributed by atoms with Crippen molar-refractivity contribution in [3.8, 4) is 11.5 Å². The van der Waals surface area contributed by atoms with Crippen molar-refractivity contribution in [2.75, 3.05) is 13.7 Å². The summed E-state index contributed by atoms with van der Waals surface area (Å²) in [5.41, 5.74) is 4.31. The van der Waals surface area contributed by atoms with Gasteiger partial charge >= 0.3 is 6.09 Å². The highest BCUT2D eigenvalue weighted by atomic mass is 16.6. The Bertz CT molecular complexity index is 1020. The summed E-state index contributed by atoms with van der Waals surface area (Å²) in [5, 5.41) is 0. The van der Waals surface area contributed by atoms with Gasteiger partial charge in [-0.3, -0.25) is 0 Å². The topological polar surface area (TPSA) is 48.0 Å². The summed E-state index contributed by atoms with van der Waals surface area (Å²) in [6, 6.07) is 23.7. The summed E-state index contributed by atoms with van der Waals surface area (Å²) < 4.78 is 17.2. The molecule has 3 aromatic rings. The Labute approximate surface area is 183 Å². The summed E-state index contributed by atoms with van der Waals surface area (Å²) >= 11 is 0. The van der Waals surface area contributed by atoms with Crippen molar-refractivity contribution in [3.05, 3.63) is 95.1 Å². The van der Waals surface area contributed by atoms with Gasteiger partial charge in [-0.05, 0) is 47.7 Å². The van der Waals surface area contributed by atoms with Crippen LogP contribution in [0.3, 0.4) is 0 Å². The third-order valence-corrected chi connectivity index (χ3v) is 5.64. The van der Waals surface area contributed by atoms with E-state index in [1.165, 1.54) is 5.56 Å². The highest BCUT2D eigenvalue weighted by Gasteiger charge is 2.30. The van der Waals surface area contributed by atoms with Gasteiger partial charge in [0.15, 0.2) is 11.5 Å². The molecule has 0 aliphatic carbocycles. The number of hydrogen-bond acceptors (Lipinski definition) is 4. The predicted molar refractivity (Wildman–Crippen MR) is 119 cm³/mol. The number of methoxy groups -OCH3 is 1. The zero-order valence-corrected chi connectivity index (χ0v) is 17.9. The van der Waals surface area contributed by atoms with E-state index in [-0.39, 0.29) is 18.7 Å². The Morgan fingerprint density at radius 2 is 1.58 bits per heavy atom. The van der Waals surface area contributed by atoms with Crippen molar-refractivity contribution in [2.24, 2.45) is 0 Å². The quantitative estimate of drug-likeness (QED) is 0.529. The van der Waals surface area contributed by atoms with E-state index in [1.54, 1.807) is 12.0 Å². The summed E-state index contributed by atoms with van der Waals surface area (Å²) in [5.74, 6) is 1.39. The monoisotopic (exact) mass is 417 g/mol. The fourth-order valence-electron chi connectivity index (χ4n) is 3.88. The van der Waals surface area contributed by atoms with Gasteiger partial charge in [0.1, 0.15) is 13.2 Å². The predicted octanol–water partition coefficient (Wildman–Crippen LogP) is 5.53. The number of fused-ring (bicyclic) bond motifs is 1. The summed E-state index contributed by atoms with van der Waals surface area (Å²) in [6.07, 6.45) is 0.441. The molecule has 0 fully saturated rings. The van der Waals surface area contributed by atoms with E-state index in [1.807, 2.05) is 79.7 Å². The number of ether oxygens (including phenoxy) is 3. The van der Waals surface area contributed by atoms with E-state index in [0.717, 1.165) is 28.9 Å². The molecule has 5 nitrogen and oxygen atoms in total. The second-order valence-electron chi connectivity index (χ2n) is 7.64. The minimum atomic E-state index is -0.301. The highest BCUT2D eigenvalue weighted by Crippen LogP contribution is 2.38. The molecular weight excluding hydrogens is 390 g/mol. The maximum Gasteiger partial charge on any atom is 0.410 e. The number of carbonyl (C=O) groups is 1. The highest BCUT2D eigenvalue weighted by molar-refractivity contribution is 5.69. The fourth-order valence-corrected chi connectivity index (χ4v) is 3.88. The molecule has 0 saturated carbocycles. The largest absolute Gasteiger partial charge is 0.493 e. The lowest BCUT2D eigenvalue weighted by Crippen LogP contribution is -2.39. The molecule has 1 heterocycles. The van der Waals surface area contributed by atoms with Crippen molar-refractivity contribution < 1.29 is 19.0 Å². The molecule has 0 saturated heterocycles. The van der Waals surface area contributed by atoms with Crippen LogP contribution in [-0.4, -0.2) is 24.6 Å². The van der Waals surface area contributed by atoms with Gasteiger partial charge < -0.3 is 19.1 Å². The van der Waals surface area contributed by atoms with Crippen molar-refractivity contribution in [3.63, 3.8) is 0 Å². The van der Waals surface area contributed by atoms with Gasteiger partial charge in [-0.25, -0.2) is 4.79 Å². The van der Waals surface area contributed by atoms with Crippen LogP contribution in [0.4, 0.5) is 4.79 Å². The molecule has 31 heavy (non-hydrogen) atoms. The summed E-state index contributed by atoms with van der Waals surface area (Å²) in [4.78, 5) is 14.5. The van der Waals surface area contributed by atoms with Gasteiger partial charge in [0.05, 0.1) is 13.2 Å².